The molecule has 37 heavy (non-hydrogen) atoms. The average Bonchev–Trinajstić information content (AvgIpc) is 2.91. The van der Waals surface area contributed by atoms with Gasteiger partial charge in [0.15, 0.2) is 17.3 Å². The van der Waals surface area contributed by atoms with Crippen LogP contribution in [0.3, 0.4) is 0 Å². The fourth-order valence-corrected chi connectivity index (χ4v) is 4.72. The molecule has 7 nitrogen and oxygen atoms in total. The minimum absolute atomic E-state index is 0.0286. The van der Waals surface area contributed by atoms with Crippen LogP contribution in [0.2, 0.25) is 0 Å². The van der Waals surface area contributed by atoms with Crippen LogP contribution < -0.4 is 25.1 Å². The number of hydrogen-bond donors (Lipinski definition) is 1. The van der Waals surface area contributed by atoms with Crippen LogP contribution in [0, 0.1) is 13.8 Å². The van der Waals surface area contributed by atoms with Gasteiger partial charge < -0.3 is 24.1 Å². The molecular weight excluding hydrogens is 468 g/mol. The molecule has 7 heteroatoms. The lowest BCUT2D eigenvalue weighted by Crippen LogP contribution is -2.29. The summed E-state index contributed by atoms with van der Waals surface area (Å²) in [7, 11) is 1.62. The Morgan fingerprint density at radius 2 is 1.65 bits per heavy atom. The lowest BCUT2D eigenvalue weighted by Gasteiger charge is -2.21. The van der Waals surface area contributed by atoms with E-state index in [0.29, 0.717) is 42.3 Å². The summed E-state index contributed by atoms with van der Waals surface area (Å²) in [6.45, 7) is 5.20. The number of aryl methyl sites for hydroxylation is 2. The van der Waals surface area contributed by atoms with Crippen molar-refractivity contribution in [3.63, 3.8) is 0 Å². The molecule has 0 spiro atoms. The van der Waals surface area contributed by atoms with Crippen molar-refractivity contribution in [2.45, 2.75) is 33.4 Å². The number of Topliss-reactive ketones (excluding diaryl/α,β-unsaturated/α-hetero) is 1. The maximum Gasteiger partial charge on any atom is 0.256 e. The number of methoxy groups -OCH3 is 1. The van der Waals surface area contributed by atoms with Gasteiger partial charge in [0, 0.05) is 35.7 Å². The predicted molar refractivity (Wildman–Crippen MR) is 144 cm³/mol. The Morgan fingerprint density at radius 1 is 0.973 bits per heavy atom. The van der Waals surface area contributed by atoms with E-state index in [2.05, 4.69) is 5.32 Å². The van der Waals surface area contributed by atoms with Crippen LogP contribution in [-0.4, -0.2) is 30.7 Å². The summed E-state index contributed by atoms with van der Waals surface area (Å²) in [5.74, 6) is 1.95. The van der Waals surface area contributed by atoms with Crippen LogP contribution in [0.25, 0.3) is 10.9 Å². The van der Waals surface area contributed by atoms with Crippen LogP contribution in [-0.2, 0) is 24.3 Å². The molecule has 0 fully saturated rings. The van der Waals surface area contributed by atoms with Crippen molar-refractivity contribution in [2.24, 2.45) is 0 Å². The van der Waals surface area contributed by atoms with E-state index in [1.54, 1.807) is 17.7 Å². The van der Waals surface area contributed by atoms with Crippen molar-refractivity contribution in [1.29, 1.82) is 0 Å². The zero-order valence-corrected chi connectivity index (χ0v) is 21.3. The van der Waals surface area contributed by atoms with E-state index < -0.39 is 0 Å². The van der Waals surface area contributed by atoms with E-state index in [9.17, 15) is 9.59 Å². The maximum absolute atomic E-state index is 13.7. The SMILES string of the molecule is COc1ccc(NCc2cc3cc4c(cc3n(CC(=O)Cc3c(C)cccc3C)c2=O)OCCO4)cc1. The lowest BCUT2D eigenvalue weighted by molar-refractivity contribution is -0.119. The fraction of sp³-hybridized carbons (Fsp3) is 0.267. The number of carbonyl (C=O) groups excluding carboxylic acids is 1. The van der Waals surface area contributed by atoms with E-state index in [-0.39, 0.29) is 24.3 Å². The Balaban J connectivity index is 1.50. The number of ketones is 1. The monoisotopic (exact) mass is 498 g/mol. The molecule has 0 saturated carbocycles. The van der Waals surface area contributed by atoms with Gasteiger partial charge in [-0.25, -0.2) is 0 Å². The molecular formula is C30H30N2O5. The second-order valence-electron chi connectivity index (χ2n) is 9.28. The van der Waals surface area contributed by atoms with Gasteiger partial charge in [0.05, 0.1) is 19.2 Å². The summed E-state index contributed by atoms with van der Waals surface area (Å²) in [4.78, 5) is 27.0. The van der Waals surface area contributed by atoms with Crippen LogP contribution in [0.15, 0.2) is 65.5 Å². The molecule has 4 aromatic rings. The number of anilines is 1. The van der Waals surface area contributed by atoms with Crippen molar-refractivity contribution >= 4 is 22.4 Å². The highest BCUT2D eigenvalue weighted by Crippen LogP contribution is 2.34. The number of nitrogens with zero attached hydrogens (tertiary/aromatic N) is 1. The Kier molecular flexibility index (Phi) is 6.86. The number of rotatable bonds is 8. The molecule has 2 heterocycles. The highest BCUT2D eigenvalue weighted by Gasteiger charge is 2.19. The number of ether oxygens (including phenoxy) is 3. The second kappa shape index (κ2) is 10.4. The van der Waals surface area contributed by atoms with Crippen LogP contribution in [0.5, 0.6) is 17.2 Å². The van der Waals surface area contributed by atoms with Crippen molar-refractivity contribution < 1.29 is 19.0 Å². The number of pyridine rings is 1. The molecule has 0 saturated heterocycles. The molecule has 1 N–H and O–H groups in total. The first-order chi connectivity index (χ1) is 17.9. The summed E-state index contributed by atoms with van der Waals surface area (Å²) in [5.41, 5.74) is 5.01. The Hall–Kier alpha value is -4.26. The second-order valence-corrected chi connectivity index (χ2v) is 9.28. The normalized spacial score (nSPS) is 12.4. The Bertz CT molecular complexity index is 1500. The first-order valence-corrected chi connectivity index (χ1v) is 12.3. The maximum atomic E-state index is 13.7. The number of fused-ring (bicyclic) bond motifs is 2. The van der Waals surface area contributed by atoms with Crippen molar-refractivity contribution in [1.82, 2.24) is 4.57 Å². The number of nitrogens with one attached hydrogen (secondary N) is 1. The zero-order chi connectivity index (χ0) is 25.9. The van der Waals surface area contributed by atoms with Crippen LogP contribution in [0.4, 0.5) is 5.69 Å². The quantitative estimate of drug-likeness (QED) is 0.375. The van der Waals surface area contributed by atoms with Crippen LogP contribution >= 0.6 is 0 Å². The minimum atomic E-state index is -0.208. The summed E-state index contributed by atoms with van der Waals surface area (Å²) >= 11 is 0. The molecule has 1 aliphatic heterocycles. The van der Waals surface area contributed by atoms with Gasteiger partial charge in [0.2, 0.25) is 0 Å². The third-order valence-electron chi connectivity index (χ3n) is 6.76. The highest BCUT2D eigenvalue weighted by molar-refractivity contribution is 5.87. The number of carbonyl (C=O) groups is 1. The minimum Gasteiger partial charge on any atom is -0.497 e. The number of hydrogen-bond acceptors (Lipinski definition) is 6. The smallest absolute Gasteiger partial charge is 0.256 e. The third kappa shape index (κ3) is 5.16. The molecule has 0 aliphatic carbocycles. The first kappa shape index (κ1) is 24.4. The molecule has 1 aliphatic rings. The Morgan fingerprint density at radius 3 is 2.32 bits per heavy atom. The molecule has 0 amide bonds. The predicted octanol–water partition coefficient (Wildman–Crippen LogP) is 4.82. The standard InChI is InChI=1S/C30H30N2O5/c1-19-5-4-6-20(2)26(19)15-24(33)18-32-27-16-29-28(36-11-12-37-29)14-21(27)13-22(30(32)34)17-31-23-7-9-25(35-3)10-8-23/h4-10,13-14,16,31H,11-12,15,17-18H2,1-3H3. The van der Waals surface area contributed by atoms with Gasteiger partial charge in [0.25, 0.3) is 5.56 Å². The summed E-state index contributed by atoms with van der Waals surface area (Å²) in [6.07, 6.45) is 0.269. The Labute approximate surface area is 215 Å². The fourth-order valence-electron chi connectivity index (χ4n) is 4.72. The van der Waals surface area contributed by atoms with Gasteiger partial charge in [-0.2, -0.15) is 0 Å². The third-order valence-corrected chi connectivity index (χ3v) is 6.76. The molecule has 0 bridgehead atoms. The molecule has 190 valence electrons. The van der Waals surface area contributed by atoms with E-state index in [0.717, 1.165) is 33.5 Å². The van der Waals surface area contributed by atoms with E-state index >= 15 is 0 Å². The lowest BCUT2D eigenvalue weighted by atomic mass is 9.98. The summed E-state index contributed by atoms with van der Waals surface area (Å²) in [6, 6.07) is 19.1. The van der Waals surface area contributed by atoms with Gasteiger partial charge in [0.1, 0.15) is 19.0 Å². The average molecular weight is 499 g/mol. The molecule has 1 aromatic heterocycles. The molecule has 3 aromatic carbocycles. The zero-order valence-electron chi connectivity index (χ0n) is 21.3. The van der Waals surface area contributed by atoms with Gasteiger partial charge in [-0.3, -0.25) is 9.59 Å². The molecule has 0 atom stereocenters. The molecule has 5 rings (SSSR count). The topological polar surface area (TPSA) is 78.8 Å². The van der Waals surface area contributed by atoms with Crippen molar-refractivity contribution in [3.8, 4) is 17.2 Å². The van der Waals surface area contributed by atoms with Crippen molar-refractivity contribution in [3.05, 3.63) is 93.3 Å². The van der Waals surface area contributed by atoms with Crippen molar-refractivity contribution in [2.75, 3.05) is 25.6 Å². The first-order valence-electron chi connectivity index (χ1n) is 12.3. The largest absolute Gasteiger partial charge is 0.497 e. The number of aromatic nitrogens is 1. The van der Waals surface area contributed by atoms with Crippen LogP contribution in [0.1, 0.15) is 22.3 Å². The van der Waals surface area contributed by atoms with E-state index in [1.807, 2.05) is 68.4 Å². The number of benzene rings is 3. The molecule has 0 unspecified atom stereocenters. The highest BCUT2D eigenvalue weighted by atomic mass is 16.6. The summed E-state index contributed by atoms with van der Waals surface area (Å²) < 4.78 is 18.3. The van der Waals surface area contributed by atoms with Gasteiger partial charge in [-0.1, -0.05) is 18.2 Å². The van der Waals surface area contributed by atoms with Gasteiger partial charge in [-0.15, -0.1) is 0 Å². The van der Waals surface area contributed by atoms with Gasteiger partial charge in [-0.05, 0) is 66.9 Å². The van der Waals surface area contributed by atoms with Gasteiger partial charge >= 0.3 is 0 Å². The molecule has 0 radical (unpaired) electrons. The van der Waals surface area contributed by atoms with E-state index in [4.69, 9.17) is 14.2 Å². The summed E-state index contributed by atoms with van der Waals surface area (Å²) in [5, 5.41) is 4.12. The van der Waals surface area contributed by atoms with E-state index in [1.165, 1.54) is 0 Å².